The van der Waals surface area contributed by atoms with E-state index in [1.807, 2.05) is 22.7 Å². The monoisotopic (exact) mass is 588 g/mol. The summed E-state index contributed by atoms with van der Waals surface area (Å²) in [6.45, 7) is 13.9. The van der Waals surface area contributed by atoms with Gasteiger partial charge in [0.2, 0.25) is 0 Å². The van der Waals surface area contributed by atoms with E-state index in [4.69, 9.17) is 0 Å². The van der Waals surface area contributed by atoms with Crippen LogP contribution in [0.5, 0.6) is 0 Å². The molecule has 4 heteroatoms. The largest absolute Gasteiger partial charge is 0.344 e. The molecular weight excluding hydrogens is 549 g/mol. The third-order valence-electron chi connectivity index (χ3n) is 10.0. The van der Waals surface area contributed by atoms with Crippen LogP contribution in [0.2, 0.25) is 0 Å². The minimum absolute atomic E-state index is 0.213. The van der Waals surface area contributed by atoms with Crippen LogP contribution in [-0.2, 0) is 24.9 Å². The van der Waals surface area contributed by atoms with Gasteiger partial charge in [-0.2, -0.15) is 0 Å². The lowest BCUT2D eigenvalue weighted by Gasteiger charge is -2.20. The van der Waals surface area contributed by atoms with Crippen LogP contribution in [-0.4, -0.2) is 9.13 Å². The van der Waals surface area contributed by atoms with Crippen molar-refractivity contribution < 1.29 is 0 Å². The van der Waals surface area contributed by atoms with Crippen molar-refractivity contribution in [2.24, 2.45) is 14.1 Å². The highest BCUT2D eigenvalue weighted by Gasteiger charge is 2.22. The Morgan fingerprint density at radius 1 is 0.500 bits per heavy atom. The number of aryl methyl sites for hydroxylation is 2. The molecule has 3 aromatic carbocycles. The molecule has 214 valence electrons. The van der Waals surface area contributed by atoms with Gasteiger partial charge in [-0.05, 0) is 95.5 Å². The Morgan fingerprint density at radius 2 is 0.881 bits per heavy atom. The predicted octanol–water partition coefficient (Wildman–Crippen LogP) is 11.8. The first-order chi connectivity index (χ1) is 20.0. The Bertz CT molecular complexity index is 1990. The van der Waals surface area contributed by atoms with Gasteiger partial charge < -0.3 is 9.13 Å². The van der Waals surface area contributed by atoms with E-state index in [1.54, 1.807) is 0 Å². The van der Waals surface area contributed by atoms with Crippen LogP contribution in [0.4, 0.5) is 0 Å². The molecule has 0 bridgehead atoms. The third-order valence-corrected chi connectivity index (χ3v) is 13.0. The second-order valence-electron chi connectivity index (χ2n) is 13.3. The van der Waals surface area contributed by atoms with E-state index in [0.29, 0.717) is 0 Å². The van der Waals surface area contributed by atoms with E-state index in [1.165, 1.54) is 74.2 Å². The van der Waals surface area contributed by atoms with Gasteiger partial charge in [-0.3, -0.25) is 0 Å². The average molecular weight is 589 g/mol. The normalized spacial score (nSPS) is 13.0. The number of rotatable bonds is 6. The summed E-state index contributed by atoms with van der Waals surface area (Å²) in [7, 11) is 4.42. The standard InChI is InChI=1S/C38H40N2S2/c1-9-37(3,4)35-17-15-33(41-35)23-11-13-29-25(19-23)27-21-32-28(22-31(27)39(29)7)26-20-24(12-14-30(26)40(32)8)34-16-18-36(42-34)38(5,6)10-2/h11-22H,9-10H2,1-8H3. The molecule has 0 amide bonds. The number of thiophene rings is 2. The van der Waals surface area contributed by atoms with E-state index in [0.717, 1.165) is 12.8 Å². The highest BCUT2D eigenvalue weighted by molar-refractivity contribution is 7.16. The number of benzene rings is 3. The summed E-state index contributed by atoms with van der Waals surface area (Å²) in [5.41, 5.74) is 8.18. The number of nitrogens with zero attached hydrogens (tertiary/aromatic N) is 2. The molecule has 0 saturated carbocycles. The van der Waals surface area contributed by atoms with Crippen LogP contribution < -0.4 is 0 Å². The molecule has 0 unspecified atom stereocenters. The van der Waals surface area contributed by atoms with Crippen molar-refractivity contribution in [3.8, 4) is 20.9 Å². The van der Waals surface area contributed by atoms with Crippen molar-refractivity contribution in [1.29, 1.82) is 0 Å². The zero-order valence-electron chi connectivity index (χ0n) is 26.1. The van der Waals surface area contributed by atoms with Gasteiger partial charge in [-0.25, -0.2) is 0 Å². The van der Waals surface area contributed by atoms with Crippen LogP contribution in [0.1, 0.15) is 64.1 Å². The summed E-state index contributed by atoms with van der Waals surface area (Å²) in [4.78, 5) is 5.62. The SMILES string of the molecule is CCC(C)(C)c1ccc(-c2ccc3c(c2)c2cc4c(cc2n3C)c2cc(-c3ccc(C(C)(C)CC)s3)ccc2n4C)s1. The number of aromatic nitrogens is 2. The molecular formula is C38H40N2S2. The molecule has 7 aromatic rings. The number of hydrogen-bond donors (Lipinski definition) is 0. The van der Waals surface area contributed by atoms with Gasteiger partial charge in [0.25, 0.3) is 0 Å². The summed E-state index contributed by atoms with van der Waals surface area (Å²) in [5.74, 6) is 0. The molecule has 42 heavy (non-hydrogen) atoms. The van der Waals surface area contributed by atoms with Crippen molar-refractivity contribution >= 4 is 66.3 Å². The topological polar surface area (TPSA) is 9.86 Å². The van der Waals surface area contributed by atoms with Gasteiger partial charge in [0.15, 0.2) is 0 Å². The molecule has 0 aliphatic rings. The van der Waals surface area contributed by atoms with Crippen LogP contribution in [0.25, 0.3) is 64.5 Å². The Labute approximate surface area is 257 Å². The van der Waals surface area contributed by atoms with Gasteiger partial charge in [-0.15, -0.1) is 22.7 Å². The highest BCUT2D eigenvalue weighted by atomic mass is 32.1. The Hall–Kier alpha value is -3.34. The second-order valence-corrected chi connectivity index (χ2v) is 15.4. The molecule has 0 fully saturated rings. The maximum absolute atomic E-state index is 2.42. The smallest absolute Gasteiger partial charge is 0.0496 e. The molecule has 7 rings (SSSR count). The lowest BCUT2D eigenvalue weighted by atomic mass is 9.89. The van der Waals surface area contributed by atoms with Crippen LogP contribution in [0, 0.1) is 0 Å². The number of fused-ring (bicyclic) bond motifs is 6. The molecule has 0 atom stereocenters. The Morgan fingerprint density at radius 3 is 1.26 bits per heavy atom. The first-order valence-electron chi connectivity index (χ1n) is 15.2. The van der Waals surface area contributed by atoms with Crippen LogP contribution in [0.3, 0.4) is 0 Å². The van der Waals surface area contributed by atoms with E-state index < -0.39 is 0 Å². The van der Waals surface area contributed by atoms with Crippen molar-refractivity contribution in [2.45, 2.75) is 65.2 Å². The minimum Gasteiger partial charge on any atom is -0.344 e. The first kappa shape index (κ1) is 27.5. The highest BCUT2D eigenvalue weighted by Crippen LogP contribution is 2.42. The molecule has 0 radical (unpaired) electrons. The van der Waals surface area contributed by atoms with E-state index in [2.05, 4.69) is 138 Å². The third kappa shape index (κ3) is 4.10. The average Bonchev–Trinajstić information content (AvgIpc) is 3.79. The summed E-state index contributed by atoms with van der Waals surface area (Å²) in [5, 5.41) is 5.30. The van der Waals surface area contributed by atoms with Crippen molar-refractivity contribution in [3.05, 3.63) is 82.6 Å². The maximum Gasteiger partial charge on any atom is 0.0496 e. The number of hydrogen-bond acceptors (Lipinski definition) is 2. The second kappa shape index (κ2) is 9.59. The zero-order valence-corrected chi connectivity index (χ0v) is 27.7. The summed E-state index contributed by atoms with van der Waals surface area (Å²) in [6.07, 6.45) is 2.28. The van der Waals surface area contributed by atoms with Crippen molar-refractivity contribution in [1.82, 2.24) is 9.13 Å². The fourth-order valence-corrected chi connectivity index (χ4v) is 8.63. The van der Waals surface area contributed by atoms with Gasteiger partial charge in [0.1, 0.15) is 0 Å². The molecule has 4 aromatic heterocycles. The fourth-order valence-electron chi connectivity index (χ4n) is 6.28. The van der Waals surface area contributed by atoms with E-state index >= 15 is 0 Å². The predicted molar refractivity (Wildman–Crippen MR) is 188 cm³/mol. The molecule has 0 spiro atoms. The van der Waals surface area contributed by atoms with Crippen molar-refractivity contribution in [2.75, 3.05) is 0 Å². The summed E-state index contributed by atoms with van der Waals surface area (Å²) < 4.78 is 4.74. The zero-order chi connectivity index (χ0) is 29.6. The first-order valence-corrected chi connectivity index (χ1v) is 16.8. The van der Waals surface area contributed by atoms with Gasteiger partial charge in [0, 0.05) is 77.2 Å². The Kier molecular flexibility index (Phi) is 6.27. The molecule has 0 aliphatic carbocycles. The quantitative estimate of drug-likeness (QED) is 0.183. The Balaban J connectivity index is 1.38. The van der Waals surface area contributed by atoms with Crippen LogP contribution >= 0.6 is 22.7 Å². The molecule has 0 N–H and O–H groups in total. The minimum atomic E-state index is 0.213. The lowest BCUT2D eigenvalue weighted by molar-refractivity contribution is 0.517. The van der Waals surface area contributed by atoms with Crippen molar-refractivity contribution in [3.63, 3.8) is 0 Å². The van der Waals surface area contributed by atoms with E-state index in [-0.39, 0.29) is 10.8 Å². The van der Waals surface area contributed by atoms with E-state index in [9.17, 15) is 0 Å². The van der Waals surface area contributed by atoms with Gasteiger partial charge >= 0.3 is 0 Å². The van der Waals surface area contributed by atoms with Crippen LogP contribution in [0.15, 0.2) is 72.8 Å². The molecule has 0 aliphatic heterocycles. The van der Waals surface area contributed by atoms with Gasteiger partial charge in [0.05, 0.1) is 0 Å². The molecule has 2 nitrogen and oxygen atoms in total. The lowest BCUT2D eigenvalue weighted by Crippen LogP contribution is -2.12. The molecule has 0 saturated heterocycles. The fraction of sp³-hybridized carbons (Fsp3) is 0.316. The summed E-state index contributed by atoms with van der Waals surface area (Å²) >= 11 is 3.88. The van der Waals surface area contributed by atoms with Gasteiger partial charge in [-0.1, -0.05) is 53.7 Å². The molecule has 4 heterocycles. The summed E-state index contributed by atoms with van der Waals surface area (Å²) in [6, 6.07) is 28.1. The maximum atomic E-state index is 2.42.